The highest BCUT2D eigenvalue weighted by molar-refractivity contribution is 5.74. The lowest BCUT2D eigenvalue weighted by Crippen LogP contribution is -1.97. The molecule has 0 N–H and O–H groups in total. The summed E-state index contributed by atoms with van der Waals surface area (Å²) in [5, 5.41) is 0. The Morgan fingerprint density at radius 2 is 2.24 bits per heavy atom. The molecule has 0 saturated heterocycles. The number of hydrogen-bond acceptors (Lipinski definition) is 4. The Kier molecular flexibility index (Phi) is 3.55. The van der Waals surface area contributed by atoms with Gasteiger partial charge in [0.1, 0.15) is 11.5 Å². The normalized spacial score (nSPS) is 10.5. The Labute approximate surface area is 121 Å². The number of aromatic nitrogens is 2. The minimum atomic E-state index is 0.298. The van der Waals surface area contributed by atoms with Crippen LogP contribution in [0.3, 0.4) is 0 Å². The Bertz CT molecular complexity index is 745. The first-order valence-electron chi connectivity index (χ1n) is 6.48. The molecule has 0 aliphatic heterocycles. The molecule has 3 aromatic rings. The molecule has 0 atom stereocenters. The number of aldehydes is 1. The van der Waals surface area contributed by atoms with Gasteiger partial charge in [0.25, 0.3) is 0 Å². The van der Waals surface area contributed by atoms with E-state index in [1.165, 1.54) is 0 Å². The molecule has 0 unspecified atom stereocenters. The molecule has 106 valence electrons. The third-order valence-corrected chi connectivity index (χ3v) is 3.20. The molecule has 0 aliphatic carbocycles. The second-order valence-electron chi connectivity index (χ2n) is 4.59. The second-order valence-corrected chi connectivity index (χ2v) is 4.59. The van der Waals surface area contributed by atoms with Gasteiger partial charge >= 0.3 is 0 Å². The molecule has 3 rings (SSSR count). The number of hydrogen-bond donors (Lipinski definition) is 0. The van der Waals surface area contributed by atoms with E-state index in [4.69, 9.17) is 9.15 Å². The lowest BCUT2D eigenvalue weighted by atomic mass is 10.1. The van der Waals surface area contributed by atoms with Crippen LogP contribution < -0.4 is 4.74 Å². The highest BCUT2D eigenvalue weighted by Gasteiger charge is 2.11. The number of benzene rings is 1. The van der Waals surface area contributed by atoms with Crippen molar-refractivity contribution in [1.29, 1.82) is 0 Å². The van der Waals surface area contributed by atoms with Crippen molar-refractivity contribution in [2.75, 3.05) is 7.11 Å². The van der Waals surface area contributed by atoms with Crippen LogP contribution in [0.1, 0.15) is 16.1 Å². The van der Waals surface area contributed by atoms with Crippen molar-refractivity contribution in [3.05, 3.63) is 60.4 Å². The van der Waals surface area contributed by atoms with Gasteiger partial charge in [0.2, 0.25) is 0 Å². The third kappa shape index (κ3) is 2.72. The maximum absolute atomic E-state index is 10.7. The summed E-state index contributed by atoms with van der Waals surface area (Å²) in [6, 6.07) is 9.29. The smallest absolute Gasteiger partial charge is 0.185 e. The number of imidazole rings is 1. The highest BCUT2D eigenvalue weighted by Crippen LogP contribution is 2.32. The van der Waals surface area contributed by atoms with Gasteiger partial charge < -0.3 is 13.7 Å². The lowest BCUT2D eigenvalue weighted by molar-refractivity contribution is 0.110. The molecule has 2 aromatic heterocycles. The molecule has 21 heavy (non-hydrogen) atoms. The summed E-state index contributed by atoms with van der Waals surface area (Å²) in [5.41, 5.74) is 1.91. The second kappa shape index (κ2) is 5.66. The molecule has 0 saturated carbocycles. The van der Waals surface area contributed by atoms with Gasteiger partial charge in [0.05, 0.1) is 19.0 Å². The van der Waals surface area contributed by atoms with Crippen molar-refractivity contribution in [2.24, 2.45) is 0 Å². The SMILES string of the molecule is COc1ccc(Cn2ccnc2)cc1-c1ccc(C=O)o1. The number of furan rings is 1. The number of carbonyl (C=O) groups is 1. The summed E-state index contributed by atoms with van der Waals surface area (Å²) in [6.07, 6.45) is 6.10. The maximum Gasteiger partial charge on any atom is 0.185 e. The van der Waals surface area contributed by atoms with E-state index >= 15 is 0 Å². The van der Waals surface area contributed by atoms with Crippen LogP contribution >= 0.6 is 0 Å². The van der Waals surface area contributed by atoms with Crippen LogP contribution in [0.2, 0.25) is 0 Å². The fourth-order valence-corrected chi connectivity index (χ4v) is 2.20. The van der Waals surface area contributed by atoms with Crippen LogP contribution in [-0.4, -0.2) is 22.9 Å². The first kappa shape index (κ1) is 13.2. The van der Waals surface area contributed by atoms with Crippen LogP contribution in [-0.2, 0) is 6.54 Å². The van der Waals surface area contributed by atoms with Gasteiger partial charge in [-0.1, -0.05) is 6.07 Å². The van der Waals surface area contributed by atoms with Gasteiger partial charge in [-0.3, -0.25) is 4.79 Å². The predicted octanol–water partition coefficient (Wildman–Crippen LogP) is 3.01. The molecule has 2 heterocycles. The number of ether oxygens (including phenoxy) is 1. The van der Waals surface area contributed by atoms with Crippen molar-refractivity contribution in [1.82, 2.24) is 9.55 Å². The molecule has 1 aromatic carbocycles. The molecule has 0 radical (unpaired) electrons. The van der Waals surface area contributed by atoms with E-state index in [1.54, 1.807) is 31.8 Å². The van der Waals surface area contributed by atoms with E-state index < -0.39 is 0 Å². The summed E-state index contributed by atoms with van der Waals surface area (Å²) >= 11 is 0. The van der Waals surface area contributed by atoms with Crippen LogP contribution in [0.5, 0.6) is 5.75 Å². The van der Waals surface area contributed by atoms with Gasteiger partial charge in [-0.25, -0.2) is 4.98 Å². The Hall–Kier alpha value is -2.82. The maximum atomic E-state index is 10.7. The fraction of sp³-hybridized carbons (Fsp3) is 0.125. The predicted molar refractivity (Wildman–Crippen MR) is 77.4 cm³/mol. The first-order valence-corrected chi connectivity index (χ1v) is 6.48. The van der Waals surface area contributed by atoms with Crippen LogP contribution in [0.4, 0.5) is 0 Å². The van der Waals surface area contributed by atoms with E-state index in [9.17, 15) is 4.79 Å². The van der Waals surface area contributed by atoms with E-state index in [0.717, 1.165) is 11.1 Å². The number of rotatable bonds is 5. The molecule has 0 aliphatic rings. The van der Waals surface area contributed by atoms with E-state index in [1.807, 2.05) is 29.0 Å². The fourth-order valence-electron chi connectivity index (χ4n) is 2.20. The Morgan fingerprint density at radius 3 is 2.90 bits per heavy atom. The van der Waals surface area contributed by atoms with E-state index in [-0.39, 0.29) is 0 Å². The molecular weight excluding hydrogens is 268 g/mol. The number of nitrogens with zero attached hydrogens (tertiary/aromatic N) is 2. The zero-order valence-electron chi connectivity index (χ0n) is 11.5. The van der Waals surface area contributed by atoms with Gasteiger partial charge in [-0.2, -0.15) is 0 Å². The Morgan fingerprint density at radius 1 is 1.33 bits per heavy atom. The van der Waals surface area contributed by atoms with Crippen molar-refractivity contribution in [2.45, 2.75) is 6.54 Å². The monoisotopic (exact) mass is 282 g/mol. The van der Waals surface area contributed by atoms with Gasteiger partial charge in [-0.15, -0.1) is 0 Å². The molecule has 5 nitrogen and oxygen atoms in total. The van der Waals surface area contributed by atoms with Crippen molar-refractivity contribution in [3.63, 3.8) is 0 Å². The van der Waals surface area contributed by atoms with Gasteiger partial charge in [0.15, 0.2) is 12.0 Å². The molecule has 5 heteroatoms. The van der Waals surface area contributed by atoms with Gasteiger partial charge in [0, 0.05) is 18.9 Å². The van der Waals surface area contributed by atoms with Gasteiger partial charge in [-0.05, 0) is 29.8 Å². The largest absolute Gasteiger partial charge is 0.496 e. The van der Waals surface area contributed by atoms with Crippen LogP contribution in [0.25, 0.3) is 11.3 Å². The average molecular weight is 282 g/mol. The zero-order valence-corrected chi connectivity index (χ0v) is 11.5. The van der Waals surface area contributed by atoms with Crippen molar-refractivity contribution >= 4 is 6.29 Å². The summed E-state index contributed by atoms with van der Waals surface area (Å²) in [7, 11) is 1.61. The molecule has 0 bridgehead atoms. The van der Waals surface area contributed by atoms with Crippen molar-refractivity contribution < 1.29 is 13.9 Å². The van der Waals surface area contributed by atoms with Crippen LogP contribution in [0.15, 0.2) is 53.5 Å². The molecular formula is C16H14N2O3. The summed E-state index contributed by atoms with van der Waals surface area (Å²) in [5.74, 6) is 1.62. The number of carbonyl (C=O) groups excluding carboxylic acids is 1. The van der Waals surface area contributed by atoms with E-state index in [2.05, 4.69) is 4.98 Å². The quantitative estimate of drug-likeness (QED) is 0.675. The minimum absolute atomic E-state index is 0.298. The van der Waals surface area contributed by atoms with E-state index in [0.29, 0.717) is 30.1 Å². The third-order valence-electron chi connectivity index (χ3n) is 3.20. The number of methoxy groups -OCH3 is 1. The summed E-state index contributed by atoms with van der Waals surface area (Å²) < 4.78 is 12.8. The molecule has 0 amide bonds. The molecule has 0 spiro atoms. The summed E-state index contributed by atoms with van der Waals surface area (Å²) in [6.45, 7) is 0.707. The zero-order chi connectivity index (χ0) is 14.7. The minimum Gasteiger partial charge on any atom is -0.496 e. The standard InChI is InChI=1S/C16H14N2O3/c1-20-15-4-2-12(9-18-7-6-17-11-18)8-14(15)16-5-3-13(10-19)21-16/h2-8,10-11H,9H2,1H3. The lowest BCUT2D eigenvalue weighted by Gasteiger charge is -2.09. The first-order chi connectivity index (χ1) is 10.3. The van der Waals surface area contributed by atoms with Crippen LogP contribution in [0, 0.1) is 0 Å². The topological polar surface area (TPSA) is 57.3 Å². The molecule has 0 fully saturated rings. The average Bonchev–Trinajstić information content (AvgIpc) is 3.18. The van der Waals surface area contributed by atoms with Crippen molar-refractivity contribution in [3.8, 4) is 17.1 Å². The summed E-state index contributed by atoms with van der Waals surface area (Å²) in [4.78, 5) is 14.8. The highest BCUT2D eigenvalue weighted by atomic mass is 16.5. The Balaban J connectivity index is 1.98.